The molecule has 2 aromatic heterocycles. The molecule has 2 aromatic rings. The summed E-state index contributed by atoms with van der Waals surface area (Å²) >= 11 is 0. The van der Waals surface area contributed by atoms with Gasteiger partial charge in [0, 0.05) is 25.2 Å². The summed E-state index contributed by atoms with van der Waals surface area (Å²) < 4.78 is 2.36. The highest BCUT2D eigenvalue weighted by Crippen LogP contribution is 2.19. The van der Waals surface area contributed by atoms with Gasteiger partial charge in [-0.3, -0.25) is 18.7 Å². The average Bonchev–Trinajstić information content (AvgIpc) is 2.62. The smallest absolute Gasteiger partial charge is 0.253 e. The SMILES string of the molecule is Cc1cc(=O)n(CCCCCCn2c(O)c(C#N)c(C)cc2=O)c(O)c1C#N. The first kappa shape index (κ1) is 20.8. The Hall–Kier alpha value is -3.52. The molecule has 0 radical (unpaired) electrons. The lowest BCUT2D eigenvalue weighted by Crippen LogP contribution is -2.21. The summed E-state index contributed by atoms with van der Waals surface area (Å²) in [4.78, 5) is 24.0. The Kier molecular flexibility index (Phi) is 6.62. The zero-order chi connectivity index (χ0) is 20.8. The fraction of sp³-hybridized carbons (Fsp3) is 0.400. The summed E-state index contributed by atoms with van der Waals surface area (Å²) in [6, 6.07) is 6.45. The van der Waals surface area contributed by atoms with Crippen molar-refractivity contribution in [1.29, 1.82) is 10.5 Å². The van der Waals surface area contributed by atoms with Gasteiger partial charge in [0.2, 0.25) is 11.8 Å². The number of hydrogen-bond donors (Lipinski definition) is 2. The van der Waals surface area contributed by atoms with Crippen LogP contribution >= 0.6 is 0 Å². The predicted molar refractivity (Wildman–Crippen MR) is 102 cm³/mol. The van der Waals surface area contributed by atoms with Gasteiger partial charge in [0.15, 0.2) is 0 Å². The molecule has 2 N–H and O–H groups in total. The second-order valence-electron chi connectivity index (χ2n) is 6.67. The van der Waals surface area contributed by atoms with Crippen molar-refractivity contribution in [2.45, 2.75) is 52.6 Å². The summed E-state index contributed by atoms with van der Waals surface area (Å²) in [6.45, 7) is 3.77. The molecule has 0 amide bonds. The number of unbranched alkanes of at least 4 members (excludes halogenated alkanes) is 3. The first-order valence-corrected chi connectivity index (χ1v) is 8.98. The zero-order valence-electron chi connectivity index (χ0n) is 15.9. The maximum Gasteiger partial charge on any atom is 0.253 e. The van der Waals surface area contributed by atoms with Gasteiger partial charge in [-0.25, -0.2) is 0 Å². The van der Waals surface area contributed by atoms with Crippen LogP contribution in [0.2, 0.25) is 0 Å². The van der Waals surface area contributed by atoms with Crippen molar-refractivity contribution in [3.8, 4) is 23.9 Å². The Morgan fingerprint density at radius 1 is 0.786 bits per heavy atom. The van der Waals surface area contributed by atoms with Crippen molar-refractivity contribution < 1.29 is 10.2 Å². The van der Waals surface area contributed by atoms with E-state index in [0.717, 1.165) is 12.8 Å². The molecule has 146 valence electrons. The molecule has 0 atom stereocenters. The number of aryl methyl sites for hydroxylation is 2. The van der Waals surface area contributed by atoms with Crippen molar-refractivity contribution in [2.75, 3.05) is 0 Å². The summed E-state index contributed by atoms with van der Waals surface area (Å²) in [7, 11) is 0. The molecule has 8 heteroatoms. The lowest BCUT2D eigenvalue weighted by Gasteiger charge is -2.12. The Balaban J connectivity index is 1.93. The van der Waals surface area contributed by atoms with Crippen molar-refractivity contribution in [2.24, 2.45) is 0 Å². The van der Waals surface area contributed by atoms with Gasteiger partial charge in [-0.05, 0) is 37.8 Å². The number of aromatic nitrogens is 2. The molecule has 0 spiro atoms. The summed E-state index contributed by atoms with van der Waals surface area (Å²) in [6.07, 6.45) is 2.68. The number of nitrogens with zero attached hydrogens (tertiary/aromatic N) is 4. The Morgan fingerprint density at radius 3 is 1.46 bits per heavy atom. The third-order valence-electron chi connectivity index (χ3n) is 4.70. The summed E-state index contributed by atoms with van der Waals surface area (Å²) in [5.41, 5.74) is 0.384. The Labute approximate surface area is 162 Å². The van der Waals surface area contributed by atoms with Crippen molar-refractivity contribution >= 4 is 0 Å². The Morgan fingerprint density at radius 2 is 1.14 bits per heavy atom. The molecule has 0 aliphatic rings. The monoisotopic (exact) mass is 382 g/mol. The van der Waals surface area contributed by atoms with E-state index in [1.54, 1.807) is 13.8 Å². The largest absolute Gasteiger partial charge is 0.493 e. The van der Waals surface area contributed by atoms with Gasteiger partial charge in [-0.1, -0.05) is 12.8 Å². The normalized spacial score (nSPS) is 10.4. The third-order valence-corrected chi connectivity index (χ3v) is 4.70. The summed E-state index contributed by atoms with van der Waals surface area (Å²) in [5.74, 6) is -0.625. The standard InChI is InChI=1S/C20H22N4O4/c1-13-9-17(25)23(19(27)15(13)11-21)7-5-3-4-6-8-24-18(26)10-14(2)16(12-22)20(24)28/h9-10,27-28H,3-8H2,1-2H3. The second-order valence-corrected chi connectivity index (χ2v) is 6.67. The number of nitriles is 2. The molecule has 0 saturated carbocycles. The summed E-state index contributed by atoms with van der Waals surface area (Å²) in [5, 5.41) is 38.3. The molecule has 0 aliphatic heterocycles. The minimum absolute atomic E-state index is 0.0992. The maximum atomic E-state index is 12.0. The van der Waals surface area contributed by atoms with E-state index >= 15 is 0 Å². The molecule has 2 heterocycles. The third kappa shape index (κ3) is 4.24. The van der Waals surface area contributed by atoms with Gasteiger partial charge in [0.05, 0.1) is 0 Å². The Bertz CT molecular complexity index is 996. The van der Waals surface area contributed by atoms with Crippen molar-refractivity contribution in [1.82, 2.24) is 9.13 Å². The van der Waals surface area contributed by atoms with E-state index in [1.807, 2.05) is 12.1 Å². The first-order valence-electron chi connectivity index (χ1n) is 8.98. The highest BCUT2D eigenvalue weighted by Gasteiger charge is 2.13. The zero-order valence-corrected chi connectivity index (χ0v) is 15.9. The van der Waals surface area contributed by atoms with E-state index in [9.17, 15) is 19.8 Å². The molecule has 0 saturated heterocycles. The van der Waals surface area contributed by atoms with Gasteiger partial charge in [0.1, 0.15) is 23.3 Å². The van der Waals surface area contributed by atoms with Crippen LogP contribution in [0, 0.1) is 36.5 Å². The molecule has 0 bridgehead atoms. The molecule has 0 aromatic carbocycles. The number of aromatic hydroxyl groups is 2. The van der Waals surface area contributed by atoms with Gasteiger partial charge in [-0.15, -0.1) is 0 Å². The van der Waals surface area contributed by atoms with Crippen LogP contribution in [-0.4, -0.2) is 19.3 Å². The lowest BCUT2D eigenvalue weighted by atomic mass is 10.1. The second kappa shape index (κ2) is 8.92. The fourth-order valence-electron chi connectivity index (χ4n) is 3.10. The van der Waals surface area contributed by atoms with Crippen LogP contribution < -0.4 is 11.1 Å². The van der Waals surface area contributed by atoms with Crippen molar-refractivity contribution in [3.63, 3.8) is 0 Å². The number of hydrogen-bond acceptors (Lipinski definition) is 6. The number of pyridine rings is 2. The van der Waals surface area contributed by atoms with Crippen LogP contribution in [0.3, 0.4) is 0 Å². The molecule has 8 nitrogen and oxygen atoms in total. The van der Waals surface area contributed by atoms with E-state index in [1.165, 1.54) is 21.3 Å². The quantitative estimate of drug-likeness (QED) is 0.704. The molecule has 0 unspecified atom stereocenters. The van der Waals surface area contributed by atoms with Crippen LogP contribution in [0.15, 0.2) is 21.7 Å². The van der Waals surface area contributed by atoms with Crippen LogP contribution in [0.5, 0.6) is 11.8 Å². The van der Waals surface area contributed by atoms with E-state index in [-0.39, 0.29) is 47.1 Å². The minimum Gasteiger partial charge on any atom is -0.493 e. The molecular formula is C20H22N4O4. The highest BCUT2D eigenvalue weighted by atomic mass is 16.3. The van der Waals surface area contributed by atoms with Gasteiger partial charge >= 0.3 is 0 Å². The van der Waals surface area contributed by atoms with E-state index < -0.39 is 0 Å². The molecule has 28 heavy (non-hydrogen) atoms. The van der Waals surface area contributed by atoms with Crippen LogP contribution in [0.4, 0.5) is 0 Å². The van der Waals surface area contributed by atoms with Crippen LogP contribution in [0.1, 0.15) is 47.9 Å². The highest BCUT2D eigenvalue weighted by molar-refractivity contribution is 5.44. The van der Waals surface area contributed by atoms with Gasteiger partial charge < -0.3 is 10.2 Å². The van der Waals surface area contributed by atoms with Gasteiger partial charge in [-0.2, -0.15) is 10.5 Å². The van der Waals surface area contributed by atoms with Crippen LogP contribution in [0.25, 0.3) is 0 Å². The molecule has 0 fully saturated rings. The lowest BCUT2D eigenvalue weighted by molar-refractivity contribution is 0.388. The molecular weight excluding hydrogens is 360 g/mol. The maximum absolute atomic E-state index is 12.0. The van der Waals surface area contributed by atoms with Crippen molar-refractivity contribution in [3.05, 3.63) is 55.1 Å². The van der Waals surface area contributed by atoms with E-state index in [4.69, 9.17) is 10.5 Å². The molecule has 0 aliphatic carbocycles. The minimum atomic E-state index is -0.353. The van der Waals surface area contributed by atoms with Crippen LogP contribution in [-0.2, 0) is 13.1 Å². The fourth-order valence-corrected chi connectivity index (χ4v) is 3.10. The topological polar surface area (TPSA) is 132 Å². The van der Waals surface area contributed by atoms with E-state index in [0.29, 0.717) is 24.0 Å². The van der Waals surface area contributed by atoms with Gasteiger partial charge in [0.25, 0.3) is 11.1 Å². The first-order chi connectivity index (χ1) is 13.3. The average molecular weight is 382 g/mol. The number of rotatable bonds is 7. The van der Waals surface area contributed by atoms with E-state index in [2.05, 4.69) is 0 Å². The predicted octanol–water partition coefficient (Wildman–Crippen LogP) is 2.04. The molecule has 2 rings (SSSR count).